The molecule has 4 nitrogen and oxygen atoms in total. The van der Waals surface area contributed by atoms with Crippen LogP contribution in [-0.4, -0.2) is 67.5 Å². The highest BCUT2D eigenvalue weighted by atomic mass is 79.9. The number of nitrogens with zero attached hydrogens (tertiary/aromatic N) is 2. The fraction of sp³-hybridized carbons (Fsp3) is 0.346. The molecule has 33 heavy (non-hydrogen) atoms. The molecule has 2 aromatic carbocycles. The number of carbonyl (C=O) groups excluding carboxylic acids is 1. The monoisotopic (exact) mass is 525 g/mol. The van der Waals surface area contributed by atoms with Crippen molar-refractivity contribution in [3.63, 3.8) is 0 Å². The Morgan fingerprint density at radius 1 is 1.09 bits per heavy atom. The topological polar surface area (TPSA) is 39.3 Å². The maximum absolute atomic E-state index is 13.3. The summed E-state index contributed by atoms with van der Waals surface area (Å²) in [4.78, 5) is 21.6. The Balaban J connectivity index is 1.41. The Bertz CT molecular complexity index is 1120. The minimum atomic E-state index is 0.207. The molecule has 4 rings (SSSR count). The van der Waals surface area contributed by atoms with Crippen LogP contribution in [0.4, 0.5) is 0 Å². The van der Waals surface area contributed by atoms with Crippen LogP contribution >= 0.6 is 27.5 Å². The van der Waals surface area contributed by atoms with Crippen LogP contribution in [0.3, 0.4) is 0 Å². The van der Waals surface area contributed by atoms with Gasteiger partial charge < -0.3 is 19.6 Å². The summed E-state index contributed by atoms with van der Waals surface area (Å²) in [5.41, 5.74) is 3.88. The fourth-order valence-electron chi connectivity index (χ4n) is 4.36. The third kappa shape index (κ3) is 6.60. The second-order valence-electron chi connectivity index (χ2n) is 8.87. The predicted octanol–water partition coefficient (Wildman–Crippen LogP) is 5.78. The lowest BCUT2D eigenvalue weighted by Gasteiger charge is -2.32. The number of nitrogens with one attached hydrogen (secondary N) is 1. The number of likely N-dealkylation sites (N-methyl/N-ethyl adjacent to an activating group) is 1. The number of halogens is 2. The number of fused-ring (bicyclic) bond motifs is 1. The molecule has 1 aliphatic heterocycles. The van der Waals surface area contributed by atoms with Gasteiger partial charge in [-0.1, -0.05) is 64.5 Å². The van der Waals surface area contributed by atoms with Crippen molar-refractivity contribution in [1.29, 1.82) is 0 Å². The molecule has 0 aliphatic carbocycles. The highest BCUT2D eigenvalue weighted by Gasteiger charge is 2.18. The van der Waals surface area contributed by atoms with Gasteiger partial charge >= 0.3 is 0 Å². The van der Waals surface area contributed by atoms with Crippen LogP contribution in [0.5, 0.6) is 0 Å². The highest BCUT2D eigenvalue weighted by Crippen LogP contribution is 2.27. The first-order valence-electron chi connectivity index (χ1n) is 11.7. The zero-order chi connectivity index (χ0) is 23.2. The highest BCUT2D eigenvalue weighted by molar-refractivity contribution is 9.10. The molecule has 0 unspecified atom stereocenters. The molecular weight excluding hydrogens is 496 g/mol. The van der Waals surface area contributed by atoms with Gasteiger partial charge in [0.1, 0.15) is 5.68 Å². The average molecular weight is 527 g/mol. The molecule has 0 atom stereocenters. The SMILES string of the molecule is CN1CCN(CCCCBC(=O)c2c(/C=C/c3ccc(Cl)cc3)[nH]c3cc(Br)ccc23)CC1. The van der Waals surface area contributed by atoms with Crippen molar-refractivity contribution in [1.82, 2.24) is 14.8 Å². The average Bonchev–Trinajstić information content (AvgIpc) is 3.17. The van der Waals surface area contributed by atoms with Crippen molar-refractivity contribution in [2.45, 2.75) is 19.2 Å². The number of aromatic nitrogens is 1. The first kappa shape index (κ1) is 24.3. The van der Waals surface area contributed by atoms with Crippen molar-refractivity contribution < 1.29 is 4.79 Å². The van der Waals surface area contributed by atoms with Crippen molar-refractivity contribution in [2.24, 2.45) is 0 Å². The zero-order valence-corrected chi connectivity index (χ0v) is 21.5. The van der Waals surface area contributed by atoms with E-state index in [-0.39, 0.29) is 5.68 Å². The van der Waals surface area contributed by atoms with E-state index >= 15 is 0 Å². The van der Waals surface area contributed by atoms with Gasteiger partial charge in [0.05, 0.1) is 0 Å². The molecule has 1 aliphatic rings. The first-order valence-corrected chi connectivity index (χ1v) is 12.9. The van der Waals surface area contributed by atoms with E-state index in [4.69, 9.17) is 11.6 Å². The van der Waals surface area contributed by atoms with E-state index in [1.807, 2.05) is 54.6 Å². The zero-order valence-electron chi connectivity index (χ0n) is 19.1. The number of piperazine rings is 1. The van der Waals surface area contributed by atoms with E-state index in [1.165, 1.54) is 0 Å². The van der Waals surface area contributed by atoms with Crippen LogP contribution in [0.15, 0.2) is 46.9 Å². The Hall–Kier alpha value is -1.86. The number of H-pyrrole nitrogens is 1. The molecule has 7 heteroatoms. The van der Waals surface area contributed by atoms with E-state index in [2.05, 4.69) is 37.8 Å². The van der Waals surface area contributed by atoms with Crippen LogP contribution in [-0.2, 0) is 0 Å². The lowest BCUT2D eigenvalue weighted by molar-refractivity contribution is 0.107. The number of unbranched alkanes of at least 4 members (excludes halogenated alkanes) is 1. The largest absolute Gasteiger partial charge is 0.354 e. The molecule has 0 bridgehead atoms. The number of benzene rings is 2. The molecular formula is C26H30BBrClN3O. The molecule has 1 aromatic heterocycles. The van der Waals surface area contributed by atoms with Crippen molar-refractivity contribution in [3.8, 4) is 0 Å². The summed E-state index contributed by atoms with van der Waals surface area (Å²) in [6, 6.07) is 13.7. The van der Waals surface area contributed by atoms with Crippen LogP contribution in [0.2, 0.25) is 11.3 Å². The van der Waals surface area contributed by atoms with Crippen molar-refractivity contribution in [2.75, 3.05) is 39.8 Å². The van der Waals surface area contributed by atoms with Crippen LogP contribution in [0.1, 0.15) is 34.5 Å². The van der Waals surface area contributed by atoms with Gasteiger partial charge in [0.2, 0.25) is 7.28 Å². The molecule has 0 radical (unpaired) electrons. The van der Waals surface area contributed by atoms with Crippen molar-refractivity contribution in [3.05, 3.63) is 68.8 Å². The fourth-order valence-corrected chi connectivity index (χ4v) is 4.85. The summed E-state index contributed by atoms with van der Waals surface area (Å²) in [6.07, 6.45) is 7.18. The summed E-state index contributed by atoms with van der Waals surface area (Å²) < 4.78 is 0.993. The molecule has 1 N–H and O–H groups in total. The number of carbonyl (C=O) groups is 1. The normalized spacial score (nSPS) is 15.5. The molecule has 3 aromatic rings. The quantitative estimate of drug-likeness (QED) is 0.284. The summed E-state index contributed by atoms with van der Waals surface area (Å²) in [5.74, 6) is 0. The van der Waals surface area contributed by atoms with Crippen LogP contribution in [0.25, 0.3) is 23.1 Å². The second kappa shape index (κ2) is 11.5. The van der Waals surface area contributed by atoms with E-state index in [0.29, 0.717) is 12.3 Å². The van der Waals surface area contributed by atoms with Gasteiger partial charge in [-0.25, -0.2) is 0 Å². The second-order valence-corrected chi connectivity index (χ2v) is 10.2. The Morgan fingerprint density at radius 2 is 1.85 bits per heavy atom. The lowest BCUT2D eigenvalue weighted by Crippen LogP contribution is -2.44. The minimum absolute atomic E-state index is 0.207. The van der Waals surface area contributed by atoms with Crippen LogP contribution < -0.4 is 0 Å². The lowest BCUT2D eigenvalue weighted by atomic mass is 9.65. The molecule has 0 amide bonds. The first-order chi connectivity index (χ1) is 16.0. The van der Waals surface area contributed by atoms with E-state index in [9.17, 15) is 4.79 Å². The van der Waals surface area contributed by atoms with Gasteiger partial charge in [-0.15, -0.1) is 0 Å². The van der Waals surface area contributed by atoms with E-state index < -0.39 is 0 Å². The van der Waals surface area contributed by atoms with Gasteiger partial charge in [-0.05, 0) is 55.9 Å². The molecule has 2 heterocycles. The molecule has 1 fully saturated rings. The maximum Gasteiger partial charge on any atom is 0.212 e. The Labute approximate surface area is 210 Å². The summed E-state index contributed by atoms with van der Waals surface area (Å²) >= 11 is 9.54. The van der Waals surface area contributed by atoms with Crippen LogP contribution in [0, 0.1) is 0 Å². The number of hydrogen-bond donors (Lipinski definition) is 1. The number of rotatable bonds is 9. The van der Waals surface area contributed by atoms with Crippen molar-refractivity contribution >= 4 is 63.5 Å². The summed E-state index contributed by atoms with van der Waals surface area (Å²) in [5, 5.41) is 1.70. The number of aromatic amines is 1. The molecule has 0 saturated carbocycles. The van der Waals surface area contributed by atoms with E-state index in [1.54, 1.807) is 0 Å². The maximum atomic E-state index is 13.3. The Morgan fingerprint density at radius 3 is 2.61 bits per heavy atom. The smallest absolute Gasteiger partial charge is 0.212 e. The third-order valence-corrected chi connectivity index (χ3v) is 7.10. The third-order valence-electron chi connectivity index (χ3n) is 6.35. The molecule has 1 saturated heterocycles. The Kier molecular flexibility index (Phi) is 8.47. The summed E-state index contributed by atoms with van der Waals surface area (Å²) in [6.45, 7) is 5.76. The standard InChI is InChI=1S/C26H30BBrClN3O/c1-31-14-16-32(17-15-31)13-3-2-12-27-26(33)25-22-10-7-20(28)18-24(22)30-23(25)11-6-19-4-8-21(29)9-5-19/h4-11,18,27,30H,2-3,12-17H2,1H3/b11-6+. The molecule has 172 valence electrons. The van der Waals surface area contributed by atoms with Gasteiger partial charge in [0.15, 0.2) is 0 Å². The predicted molar refractivity (Wildman–Crippen MR) is 146 cm³/mol. The number of hydrogen-bond acceptors (Lipinski definition) is 3. The summed E-state index contributed by atoms with van der Waals surface area (Å²) in [7, 11) is 2.76. The van der Waals surface area contributed by atoms with E-state index in [0.717, 1.165) is 84.1 Å². The minimum Gasteiger partial charge on any atom is -0.354 e. The van der Waals surface area contributed by atoms with Gasteiger partial charge in [-0.3, -0.25) is 0 Å². The van der Waals surface area contributed by atoms with Gasteiger partial charge in [-0.2, -0.15) is 0 Å². The van der Waals surface area contributed by atoms with Gasteiger partial charge in [0.25, 0.3) is 0 Å². The molecule has 0 spiro atoms. The van der Waals surface area contributed by atoms with Gasteiger partial charge in [0, 0.05) is 57.8 Å².